The quantitative estimate of drug-likeness (QED) is 0.355. The van der Waals surface area contributed by atoms with Gasteiger partial charge in [0.25, 0.3) is 5.91 Å². The molecule has 0 saturated heterocycles. The molecule has 0 unspecified atom stereocenters. The van der Waals surface area contributed by atoms with E-state index < -0.39 is 6.04 Å². The first-order chi connectivity index (χ1) is 19.0. The lowest BCUT2D eigenvalue weighted by atomic mass is 10.0. The highest BCUT2D eigenvalue weighted by atomic mass is 16.5. The summed E-state index contributed by atoms with van der Waals surface area (Å²) >= 11 is 0. The molecule has 1 fully saturated rings. The molecule has 1 atom stereocenters. The molecule has 1 aliphatic carbocycles. The molecule has 1 heterocycles. The second-order valence-electron chi connectivity index (χ2n) is 9.42. The minimum absolute atomic E-state index is 0.0755. The summed E-state index contributed by atoms with van der Waals surface area (Å²) < 4.78 is 27.2. The van der Waals surface area contributed by atoms with E-state index in [-0.39, 0.29) is 30.2 Å². The van der Waals surface area contributed by atoms with E-state index in [9.17, 15) is 9.59 Å². The van der Waals surface area contributed by atoms with Gasteiger partial charge in [-0.15, -0.1) is 0 Å². The molecule has 2 aromatic carbocycles. The van der Waals surface area contributed by atoms with Gasteiger partial charge in [0.2, 0.25) is 5.91 Å². The fraction of sp³-hybridized carbons (Fsp3) is 0.400. The van der Waals surface area contributed by atoms with E-state index in [1.54, 1.807) is 56.6 Å². The number of carbonyl (C=O) groups is 2. The summed E-state index contributed by atoms with van der Waals surface area (Å²) in [4.78, 5) is 29.3. The van der Waals surface area contributed by atoms with E-state index in [0.717, 1.165) is 31.2 Å². The number of benzene rings is 2. The minimum Gasteiger partial charge on any atom is -0.493 e. The summed E-state index contributed by atoms with van der Waals surface area (Å²) in [5, 5.41) is 3.18. The van der Waals surface area contributed by atoms with Crippen LogP contribution in [0.2, 0.25) is 0 Å². The van der Waals surface area contributed by atoms with E-state index in [2.05, 4.69) is 5.32 Å². The smallest absolute Gasteiger partial charge is 0.290 e. The molecule has 39 heavy (non-hydrogen) atoms. The first-order valence-electron chi connectivity index (χ1n) is 13.1. The van der Waals surface area contributed by atoms with Gasteiger partial charge in [-0.1, -0.05) is 25.0 Å². The van der Waals surface area contributed by atoms with Crippen LogP contribution < -0.4 is 24.3 Å². The summed E-state index contributed by atoms with van der Waals surface area (Å²) in [5.74, 6) is 1.73. The Labute approximate surface area is 229 Å². The van der Waals surface area contributed by atoms with Gasteiger partial charge >= 0.3 is 0 Å². The summed E-state index contributed by atoms with van der Waals surface area (Å²) in [5.41, 5.74) is 1.53. The molecule has 9 nitrogen and oxygen atoms in total. The lowest BCUT2D eigenvalue weighted by Crippen LogP contribution is -2.46. The number of furan rings is 1. The van der Waals surface area contributed by atoms with Crippen LogP contribution in [-0.2, 0) is 11.2 Å². The highest BCUT2D eigenvalue weighted by Crippen LogP contribution is 2.34. The number of ether oxygens (including phenoxy) is 4. The molecule has 0 bridgehead atoms. The minimum atomic E-state index is -0.928. The van der Waals surface area contributed by atoms with Crippen molar-refractivity contribution in [2.75, 3.05) is 35.0 Å². The molecule has 0 radical (unpaired) electrons. The third-order valence-corrected chi connectivity index (χ3v) is 7.07. The molecule has 9 heteroatoms. The lowest BCUT2D eigenvalue weighted by Gasteiger charge is -2.32. The summed E-state index contributed by atoms with van der Waals surface area (Å²) in [6.45, 7) is 0.242. The van der Waals surface area contributed by atoms with Gasteiger partial charge in [-0.05, 0) is 66.8 Å². The zero-order valence-electron chi connectivity index (χ0n) is 22.9. The van der Waals surface area contributed by atoms with E-state index >= 15 is 0 Å². The molecular weight excluding hydrogens is 500 g/mol. The van der Waals surface area contributed by atoms with Crippen LogP contribution in [0.3, 0.4) is 0 Å². The van der Waals surface area contributed by atoms with Crippen molar-refractivity contribution in [1.82, 2.24) is 10.2 Å². The topological polar surface area (TPSA) is 99.5 Å². The Morgan fingerprint density at radius 3 is 2.15 bits per heavy atom. The fourth-order valence-electron chi connectivity index (χ4n) is 5.02. The van der Waals surface area contributed by atoms with Crippen molar-refractivity contribution in [3.63, 3.8) is 0 Å². The van der Waals surface area contributed by atoms with Crippen molar-refractivity contribution < 1.29 is 33.0 Å². The summed E-state index contributed by atoms with van der Waals surface area (Å²) in [6, 6.07) is 13.3. The average Bonchev–Trinajstić information content (AvgIpc) is 3.69. The number of nitrogens with zero attached hydrogens (tertiary/aromatic N) is 1. The Hall–Kier alpha value is -4.14. The molecule has 1 saturated carbocycles. The largest absolute Gasteiger partial charge is 0.493 e. The van der Waals surface area contributed by atoms with E-state index in [1.165, 1.54) is 13.4 Å². The molecule has 4 rings (SSSR count). The third kappa shape index (κ3) is 6.47. The van der Waals surface area contributed by atoms with Gasteiger partial charge in [0.05, 0.1) is 34.7 Å². The van der Waals surface area contributed by atoms with Crippen molar-refractivity contribution in [2.45, 2.75) is 44.2 Å². The SMILES string of the molecule is COc1ccc(CCN(C(=O)c2ccco2)[C@H](C(=O)NC2CCCC2)c2ccc(OC)c(OC)c2)cc1OC. The predicted molar refractivity (Wildman–Crippen MR) is 146 cm³/mol. The highest BCUT2D eigenvalue weighted by Gasteiger charge is 2.35. The Morgan fingerprint density at radius 2 is 1.54 bits per heavy atom. The molecule has 208 valence electrons. The van der Waals surface area contributed by atoms with Crippen LogP contribution in [-0.4, -0.2) is 57.7 Å². The van der Waals surface area contributed by atoms with Crippen LogP contribution in [0.1, 0.15) is 53.4 Å². The molecule has 0 spiro atoms. The van der Waals surface area contributed by atoms with E-state index in [1.807, 2.05) is 18.2 Å². The number of carbonyl (C=O) groups excluding carboxylic acids is 2. The zero-order valence-corrected chi connectivity index (χ0v) is 22.9. The summed E-state index contributed by atoms with van der Waals surface area (Å²) in [7, 11) is 6.25. The fourth-order valence-corrected chi connectivity index (χ4v) is 5.02. The van der Waals surface area contributed by atoms with Crippen LogP contribution in [0.15, 0.2) is 59.2 Å². The molecule has 2 amide bonds. The van der Waals surface area contributed by atoms with Gasteiger partial charge < -0.3 is 33.6 Å². The number of nitrogens with one attached hydrogen (secondary N) is 1. The molecular formula is C30H36N2O7. The Bertz CT molecular complexity index is 1250. The van der Waals surface area contributed by atoms with Crippen LogP contribution in [0.4, 0.5) is 0 Å². The van der Waals surface area contributed by atoms with E-state index in [0.29, 0.717) is 35.0 Å². The van der Waals surface area contributed by atoms with Gasteiger partial charge in [0, 0.05) is 12.6 Å². The Balaban J connectivity index is 1.73. The highest BCUT2D eigenvalue weighted by molar-refractivity contribution is 5.96. The average molecular weight is 537 g/mol. The number of rotatable bonds is 12. The van der Waals surface area contributed by atoms with Crippen molar-refractivity contribution in [2.24, 2.45) is 0 Å². The standard InChI is InChI=1S/C30H36N2O7/c1-35-23-13-11-20(18-26(23)37-3)15-16-32(30(34)25-10-7-17-39-25)28(29(33)31-22-8-5-6-9-22)21-12-14-24(36-2)27(19-21)38-4/h7,10-14,17-19,22,28H,5-6,8-9,15-16H2,1-4H3,(H,31,33)/t28-/m0/s1. The maximum Gasteiger partial charge on any atom is 0.290 e. The third-order valence-electron chi connectivity index (χ3n) is 7.07. The molecule has 1 aliphatic rings. The van der Waals surface area contributed by atoms with Gasteiger partial charge in [0.1, 0.15) is 6.04 Å². The van der Waals surface area contributed by atoms with Crippen LogP contribution in [0, 0.1) is 0 Å². The molecule has 1 aromatic heterocycles. The Morgan fingerprint density at radius 1 is 0.897 bits per heavy atom. The second kappa shape index (κ2) is 13.1. The van der Waals surface area contributed by atoms with Crippen LogP contribution >= 0.6 is 0 Å². The van der Waals surface area contributed by atoms with Crippen molar-refractivity contribution in [1.29, 1.82) is 0 Å². The van der Waals surface area contributed by atoms with E-state index in [4.69, 9.17) is 23.4 Å². The van der Waals surface area contributed by atoms with Gasteiger partial charge in [-0.2, -0.15) is 0 Å². The van der Waals surface area contributed by atoms with Crippen molar-refractivity contribution in [3.05, 3.63) is 71.7 Å². The Kier molecular flexibility index (Phi) is 9.35. The maximum atomic E-state index is 13.9. The number of hydrogen-bond donors (Lipinski definition) is 1. The first-order valence-corrected chi connectivity index (χ1v) is 13.1. The first kappa shape index (κ1) is 27.9. The normalized spacial score (nSPS) is 13.9. The monoisotopic (exact) mass is 536 g/mol. The number of methoxy groups -OCH3 is 4. The molecule has 1 N–H and O–H groups in total. The number of amides is 2. The lowest BCUT2D eigenvalue weighted by molar-refractivity contribution is -0.126. The van der Waals surface area contributed by atoms with Crippen LogP contribution in [0.25, 0.3) is 0 Å². The second-order valence-corrected chi connectivity index (χ2v) is 9.42. The predicted octanol–water partition coefficient (Wildman–Crippen LogP) is 4.80. The van der Waals surface area contributed by atoms with Crippen molar-refractivity contribution >= 4 is 11.8 Å². The van der Waals surface area contributed by atoms with Gasteiger partial charge in [0.15, 0.2) is 28.8 Å². The summed E-state index contributed by atoms with van der Waals surface area (Å²) in [6.07, 6.45) is 5.89. The maximum absolute atomic E-state index is 13.9. The number of hydrogen-bond acceptors (Lipinski definition) is 7. The van der Waals surface area contributed by atoms with Crippen molar-refractivity contribution in [3.8, 4) is 23.0 Å². The van der Waals surface area contributed by atoms with Crippen LogP contribution in [0.5, 0.6) is 23.0 Å². The zero-order chi connectivity index (χ0) is 27.8. The molecule has 3 aromatic rings. The molecule has 0 aliphatic heterocycles. The van der Waals surface area contributed by atoms with Gasteiger partial charge in [-0.25, -0.2) is 0 Å². The van der Waals surface area contributed by atoms with Gasteiger partial charge in [-0.3, -0.25) is 9.59 Å².